The quantitative estimate of drug-likeness (QED) is 0.515. The second-order valence-corrected chi connectivity index (χ2v) is 8.36. The lowest BCUT2D eigenvalue weighted by atomic mass is 9.94. The minimum atomic E-state index is -0.382. The number of nitrogens with zero attached hydrogens (tertiary/aromatic N) is 2. The van der Waals surface area contributed by atoms with E-state index < -0.39 is 0 Å². The fraction of sp³-hybridized carbons (Fsp3) is 0.333. The van der Waals surface area contributed by atoms with Gasteiger partial charge in [-0.3, -0.25) is 14.7 Å². The largest absolute Gasteiger partial charge is 0.496 e. The highest BCUT2D eigenvalue weighted by molar-refractivity contribution is 5.79. The average molecular weight is 464 g/mol. The topological polar surface area (TPSA) is 63.7 Å². The first-order chi connectivity index (χ1) is 16.6. The molecule has 0 radical (unpaired) electrons. The fourth-order valence-electron chi connectivity index (χ4n) is 4.26. The highest BCUT2D eigenvalue weighted by Gasteiger charge is 2.28. The van der Waals surface area contributed by atoms with Crippen molar-refractivity contribution in [1.82, 2.24) is 15.2 Å². The van der Waals surface area contributed by atoms with Gasteiger partial charge in [0.25, 0.3) is 0 Å². The molecule has 1 fully saturated rings. The van der Waals surface area contributed by atoms with Gasteiger partial charge in [0.05, 0.1) is 18.8 Å². The van der Waals surface area contributed by atoms with Crippen molar-refractivity contribution in [1.29, 1.82) is 0 Å². The Kier molecular flexibility index (Phi) is 8.09. The van der Waals surface area contributed by atoms with Gasteiger partial charge in [0, 0.05) is 24.2 Å². The van der Waals surface area contributed by atoms with Gasteiger partial charge < -0.3 is 14.8 Å². The van der Waals surface area contributed by atoms with Gasteiger partial charge >= 0.3 is 0 Å². The van der Waals surface area contributed by atoms with E-state index in [0.29, 0.717) is 12.4 Å². The molecule has 2 aromatic carbocycles. The van der Waals surface area contributed by atoms with Gasteiger partial charge in [-0.2, -0.15) is 0 Å². The third-order valence-electron chi connectivity index (χ3n) is 6.17. The molecule has 1 saturated heterocycles. The number of hydrogen-bond acceptors (Lipinski definition) is 5. The SMILES string of the molecule is COc1ccccc1C(NC(=O)C1CCN(CCOc2ccc(F)cc2)CC1)c1ccccn1. The molecule has 178 valence electrons. The van der Waals surface area contributed by atoms with E-state index in [-0.39, 0.29) is 23.7 Å². The number of benzene rings is 2. The van der Waals surface area contributed by atoms with Gasteiger partial charge in [0.15, 0.2) is 0 Å². The van der Waals surface area contributed by atoms with E-state index in [0.717, 1.165) is 49.5 Å². The number of methoxy groups -OCH3 is 1. The highest BCUT2D eigenvalue weighted by atomic mass is 19.1. The predicted molar refractivity (Wildman–Crippen MR) is 128 cm³/mol. The molecule has 1 atom stereocenters. The van der Waals surface area contributed by atoms with E-state index in [1.54, 1.807) is 25.4 Å². The van der Waals surface area contributed by atoms with Crippen molar-refractivity contribution in [3.8, 4) is 11.5 Å². The molecule has 1 aliphatic heterocycles. The van der Waals surface area contributed by atoms with Gasteiger partial charge in [0.2, 0.25) is 5.91 Å². The molecule has 1 amide bonds. The first-order valence-corrected chi connectivity index (χ1v) is 11.6. The van der Waals surface area contributed by atoms with Crippen molar-refractivity contribution < 1.29 is 18.7 Å². The van der Waals surface area contributed by atoms with Crippen LogP contribution in [0.15, 0.2) is 72.9 Å². The Morgan fingerprint density at radius 2 is 1.82 bits per heavy atom. The zero-order valence-electron chi connectivity index (χ0n) is 19.3. The van der Waals surface area contributed by atoms with Crippen LogP contribution in [-0.2, 0) is 4.79 Å². The lowest BCUT2D eigenvalue weighted by Gasteiger charge is -2.32. The lowest BCUT2D eigenvalue weighted by molar-refractivity contribution is -0.127. The van der Waals surface area contributed by atoms with Crippen LogP contribution in [0, 0.1) is 11.7 Å². The van der Waals surface area contributed by atoms with Crippen molar-refractivity contribution in [2.75, 3.05) is 33.4 Å². The van der Waals surface area contributed by atoms with E-state index in [2.05, 4.69) is 15.2 Å². The maximum atomic E-state index is 13.2. The van der Waals surface area contributed by atoms with Crippen LogP contribution in [-0.4, -0.2) is 49.1 Å². The van der Waals surface area contributed by atoms with E-state index in [4.69, 9.17) is 9.47 Å². The van der Waals surface area contributed by atoms with E-state index in [1.807, 2.05) is 42.5 Å². The lowest BCUT2D eigenvalue weighted by Crippen LogP contribution is -2.43. The van der Waals surface area contributed by atoms with Crippen molar-refractivity contribution in [3.63, 3.8) is 0 Å². The number of nitrogens with one attached hydrogen (secondary N) is 1. The molecule has 0 bridgehead atoms. The van der Waals surface area contributed by atoms with Crippen molar-refractivity contribution in [2.45, 2.75) is 18.9 Å². The molecule has 3 aromatic rings. The van der Waals surface area contributed by atoms with Crippen LogP contribution in [0.1, 0.15) is 30.1 Å². The molecule has 1 unspecified atom stereocenters. The first kappa shape index (κ1) is 23.7. The molecule has 2 heterocycles. The third kappa shape index (κ3) is 6.11. The normalized spacial score (nSPS) is 15.5. The summed E-state index contributed by atoms with van der Waals surface area (Å²) in [5, 5.41) is 3.22. The van der Waals surface area contributed by atoms with Crippen LogP contribution >= 0.6 is 0 Å². The highest BCUT2D eigenvalue weighted by Crippen LogP contribution is 2.30. The summed E-state index contributed by atoms with van der Waals surface area (Å²) in [6.07, 6.45) is 3.29. The summed E-state index contributed by atoms with van der Waals surface area (Å²) in [5.74, 6) is 1.07. The molecule has 1 aliphatic rings. The number of likely N-dealkylation sites (tertiary alicyclic amines) is 1. The minimum Gasteiger partial charge on any atom is -0.496 e. The van der Waals surface area contributed by atoms with Gasteiger partial charge in [0.1, 0.15) is 23.9 Å². The standard InChI is InChI=1S/C27H30FN3O3/c1-33-25-8-3-2-6-23(25)26(24-7-4-5-15-29-24)30-27(32)20-13-16-31(17-14-20)18-19-34-22-11-9-21(28)10-12-22/h2-12,15,20,26H,13-14,16-19H2,1H3,(H,30,32). The number of rotatable bonds is 9. The maximum Gasteiger partial charge on any atom is 0.224 e. The second-order valence-electron chi connectivity index (χ2n) is 8.36. The van der Waals surface area contributed by atoms with Crippen LogP contribution in [0.25, 0.3) is 0 Å². The number of carbonyl (C=O) groups excluding carboxylic acids is 1. The summed E-state index contributed by atoms with van der Waals surface area (Å²) in [5.41, 5.74) is 1.66. The first-order valence-electron chi connectivity index (χ1n) is 11.6. The molecule has 6 nitrogen and oxygen atoms in total. The number of pyridine rings is 1. The Labute approximate surface area is 199 Å². The van der Waals surface area contributed by atoms with E-state index in [1.165, 1.54) is 12.1 Å². The number of aromatic nitrogens is 1. The molecule has 1 aromatic heterocycles. The van der Waals surface area contributed by atoms with Crippen molar-refractivity contribution in [3.05, 3.63) is 90.0 Å². The van der Waals surface area contributed by atoms with Gasteiger partial charge in [-0.15, -0.1) is 0 Å². The minimum absolute atomic E-state index is 0.0313. The molecular weight excluding hydrogens is 433 g/mol. The number of halogens is 1. The van der Waals surface area contributed by atoms with Gasteiger partial charge in [-0.1, -0.05) is 24.3 Å². The number of para-hydroxylation sites is 1. The molecule has 4 rings (SSSR count). The Morgan fingerprint density at radius 1 is 1.09 bits per heavy atom. The van der Waals surface area contributed by atoms with Crippen LogP contribution in [0.3, 0.4) is 0 Å². The van der Waals surface area contributed by atoms with Crippen molar-refractivity contribution >= 4 is 5.91 Å². The molecule has 34 heavy (non-hydrogen) atoms. The summed E-state index contributed by atoms with van der Waals surface area (Å²) in [7, 11) is 1.63. The summed E-state index contributed by atoms with van der Waals surface area (Å²) in [4.78, 5) is 20.0. The molecule has 0 spiro atoms. The zero-order chi connectivity index (χ0) is 23.8. The summed E-state index contributed by atoms with van der Waals surface area (Å²) in [6, 6.07) is 19.1. The summed E-state index contributed by atoms with van der Waals surface area (Å²) in [6.45, 7) is 2.95. The molecule has 0 saturated carbocycles. The number of ether oxygens (including phenoxy) is 2. The third-order valence-corrected chi connectivity index (χ3v) is 6.17. The van der Waals surface area contributed by atoms with Crippen LogP contribution < -0.4 is 14.8 Å². The maximum absolute atomic E-state index is 13.2. The number of carbonyl (C=O) groups is 1. The van der Waals surface area contributed by atoms with Gasteiger partial charge in [-0.05, 0) is 68.4 Å². The summed E-state index contributed by atoms with van der Waals surface area (Å²) >= 11 is 0. The van der Waals surface area contributed by atoms with E-state index >= 15 is 0 Å². The Bertz CT molecular complexity index is 1050. The second kappa shape index (κ2) is 11.6. The van der Waals surface area contributed by atoms with Crippen molar-refractivity contribution in [2.24, 2.45) is 5.92 Å². The number of hydrogen-bond donors (Lipinski definition) is 1. The number of amides is 1. The van der Waals surface area contributed by atoms with Crippen LogP contribution in [0.5, 0.6) is 11.5 Å². The van der Waals surface area contributed by atoms with E-state index in [9.17, 15) is 9.18 Å². The monoisotopic (exact) mass is 463 g/mol. The Balaban J connectivity index is 1.32. The van der Waals surface area contributed by atoms with Crippen LogP contribution in [0.2, 0.25) is 0 Å². The summed E-state index contributed by atoms with van der Waals surface area (Å²) < 4.78 is 24.3. The molecular formula is C27H30FN3O3. The smallest absolute Gasteiger partial charge is 0.224 e. The van der Waals surface area contributed by atoms with Crippen LogP contribution in [0.4, 0.5) is 4.39 Å². The Morgan fingerprint density at radius 3 is 2.53 bits per heavy atom. The molecule has 1 N–H and O–H groups in total. The van der Waals surface area contributed by atoms with Gasteiger partial charge in [-0.25, -0.2) is 4.39 Å². The predicted octanol–water partition coefficient (Wildman–Crippen LogP) is 4.23. The molecule has 0 aliphatic carbocycles. The molecule has 7 heteroatoms. The Hall–Kier alpha value is -3.45. The number of piperidine rings is 1. The average Bonchev–Trinajstić information content (AvgIpc) is 2.89. The zero-order valence-corrected chi connectivity index (χ0v) is 19.3. The fourth-order valence-corrected chi connectivity index (χ4v) is 4.26.